The van der Waals surface area contributed by atoms with E-state index in [0.717, 1.165) is 4.90 Å². The summed E-state index contributed by atoms with van der Waals surface area (Å²) >= 11 is 0. The van der Waals surface area contributed by atoms with Crippen molar-refractivity contribution in [3.8, 4) is 0 Å². The van der Waals surface area contributed by atoms with Gasteiger partial charge < -0.3 is 15.2 Å². The smallest absolute Gasteiger partial charge is 0.273 e. The van der Waals surface area contributed by atoms with Crippen LogP contribution in [-0.2, 0) is 4.79 Å². The Kier molecular flexibility index (Phi) is 5.30. The number of aromatic nitrogens is 1. The highest BCUT2D eigenvalue weighted by atomic mass is 16.5. The van der Waals surface area contributed by atoms with Crippen molar-refractivity contribution in [2.75, 3.05) is 19.6 Å². The van der Waals surface area contributed by atoms with Crippen molar-refractivity contribution in [1.29, 1.82) is 0 Å². The Bertz CT molecular complexity index is 870. The molecule has 0 saturated heterocycles. The van der Waals surface area contributed by atoms with Gasteiger partial charge in [-0.15, -0.1) is 0 Å². The molecule has 0 radical (unpaired) electrons. The second kappa shape index (κ2) is 7.81. The van der Waals surface area contributed by atoms with Crippen LogP contribution in [0, 0.1) is 6.92 Å². The maximum atomic E-state index is 12.2. The standard InChI is InChI=1S/C18H18N4O5/c1-11-10-14(21-27-11)16(24)20-8-7-19-15(23)6-9-22-17(25)12-4-2-3-5-13(12)18(22)26/h2-5,10H,6-9H2,1H3,(H,19,23)(H,20,24). The summed E-state index contributed by atoms with van der Waals surface area (Å²) in [4.78, 5) is 49.1. The zero-order chi connectivity index (χ0) is 19.4. The Morgan fingerprint density at radius 3 is 2.30 bits per heavy atom. The Morgan fingerprint density at radius 2 is 1.70 bits per heavy atom. The first kappa shape index (κ1) is 18.3. The first-order chi connectivity index (χ1) is 13.0. The van der Waals surface area contributed by atoms with Crippen molar-refractivity contribution < 1.29 is 23.7 Å². The lowest BCUT2D eigenvalue weighted by Crippen LogP contribution is -2.37. The van der Waals surface area contributed by atoms with Crippen molar-refractivity contribution in [2.45, 2.75) is 13.3 Å². The molecule has 9 nitrogen and oxygen atoms in total. The number of carbonyl (C=O) groups excluding carboxylic acids is 4. The molecule has 1 aromatic carbocycles. The molecule has 0 spiro atoms. The Balaban J connectivity index is 1.39. The number of aryl methyl sites for hydroxylation is 1. The average Bonchev–Trinajstić information content (AvgIpc) is 3.20. The van der Waals surface area contributed by atoms with Crippen LogP contribution in [-0.4, -0.2) is 53.3 Å². The highest BCUT2D eigenvalue weighted by Crippen LogP contribution is 2.22. The molecule has 0 aliphatic carbocycles. The molecule has 2 aromatic rings. The number of rotatable bonds is 7. The Hall–Kier alpha value is -3.49. The number of hydrogen-bond donors (Lipinski definition) is 2. The Labute approximate surface area is 154 Å². The third-order valence-electron chi connectivity index (χ3n) is 4.03. The van der Waals surface area contributed by atoms with Gasteiger partial charge in [0.25, 0.3) is 17.7 Å². The van der Waals surface area contributed by atoms with Crippen LogP contribution in [0.1, 0.15) is 43.4 Å². The van der Waals surface area contributed by atoms with Crippen molar-refractivity contribution in [1.82, 2.24) is 20.7 Å². The van der Waals surface area contributed by atoms with Gasteiger partial charge in [-0.05, 0) is 19.1 Å². The fourth-order valence-electron chi connectivity index (χ4n) is 2.69. The number of nitrogens with zero attached hydrogens (tertiary/aromatic N) is 2. The summed E-state index contributed by atoms with van der Waals surface area (Å²) in [5.74, 6) is -0.969. The van der Waals surface area contributed by atoms with Gasteiger partial charge in [-0.2, -0.15) is 0 Å². The van der Waals surface area contributed by atoms with Gasteiger partial charge in [-0.25, -0.2) is 0 Å². The molecule has 2 N–H and O–H groups in total. The predicted octanol–water partition coefficient (Wildman–Crippen LogP) is 0.515. The summed E-state index contributed by atoms with van der Waals surface area (Å²) in [6.07, 6.45) is -0.0120. The van der Waals surface area contributed by atoms with Gasteiger partial charge in [0.2, 0.25) is 5.91 Å². The molecule has 0 atom stereocenters. The molecule has 3 rings (SSSR count). The summed E-state index contributed by atoms with van der Waals surface area (Å²) in [7, 11) is 0. The molecule has 1 aliphatic heterocycles. The van der Waals surface area contributed by atoms with Crippen LogP contribution in [0.25, 0.3) is 0 Å². The fourth-order valence-corrected chi connectivity index (χ4v) is 2.69. The van der Waals surface area contributed by atoms with Crippen molar-refractivity contribution in [2.24, 2.45) is 0 Å². The number of imide groups is 1. The van der Waals surface area contributed by atoms with E-state index in [1.807, 2.05) is 0 Å². The molecule has 9 heteroatoms. The number of amides is 4. The van der Waals surface area contributed by atoms with Crippen LogP contribution in [0.3, 0.4) is 0 Å². The Morgan fingerprint density at radius 1 is 1.07 bits per heavy atom. The lowest BCUT2D eigenvalue weighted by molar-refractivity contribution is -0.121. The van der Waals surface area contributed by atoms with E-state index < -0.39 is 17.7 Å². The topological polar surface area (TPSA) is 122 Å². The van der Waals surface area contributed by atoms with Gasteiger partial charge >= 0.3 is 0 Å². The van der Waals surface area contributed by atoms with E-state index in [-0.39, 0.29) is 37.7 Å². The van der Waals surface area contributed by atoms with Crippen LogP contribution < -0.4 is 10.6 Å². The first-order valence-electron chi connectivity index (χ1n) is 8.41. The van der Waals surface area contributed by atoms with Crippen molar-refractivity contribution in [3.05, 3.63) is 52.9 Å². The molecule has 27 heavy (non-hydrogen) atoms. The van der Waals surface area contributed by atoms with Gasteiger partial charge in [-0.3, -0.25) is 24.1 Å². The number of fused-ring (bicyclic) bond motifs is 1. The summed E-state index contributed by atoms with van der Waals surface area (Å²) in [5.41, 5.74) is 0.881. The largest absolute Gasteiger partial charge is 0.361 e. The van der Waals surface area contributed by atoms with E-state index in [9.17, 15) is 19.2 Å². The zero-order valence-electron chi connectivity index (χ0n) is 14.7. The highest BCUT2D eigenvalue weighted by molar-refractivity contribution is 6.21. The minimum absolute atomic E-state index is 0.00273. The van der Waals surface area contributed by atoms with E-state index in [1.54, 1.807) is 31.2 Å². The number of carbonyl (C=O) groups is 4. The van der Waals surface area contributed by atoms with Crippen LogP contribution in [0.15, 0.2) is 34.9 Å². The second-order valence-electron chi connectivity index (χ2n) is 5.99. The van der Waals surface area contributed by atoms with Crippen LogP contribution in [0.4, 0.5) is 0 Å². The summed E-state index contributed by atoms with van der Waals surface area (Å²) < 4.78 is 4.81. The monoisotopic (exact) mass is 370 g/mol. The summed E-state index contributed by atoms with van der Waals surface area (Å²) in [5, 5.41) is 8.81. The second-order valence-corrected chi connectivity index (χ2v) is 5.99. The van der Waals surface area contributed by atoms with E-state index in [4.69, 9.17) is 4.52 Å². The first-order valence-corrected chi connectivity index (χ1v) is 8.41. The minimum atomic E-state index is -0.396. The third-order valence-corrected chi connectivity index (χ3v) is 4.03. The predicted molar refractivity (Wildman–Crippen MR) is 93.0 cm³/mol. The molecule has 4 amide bonds. The number of benzene rings is 1. The summed E-state index contributed by atoms with van der Waals surface area (Å²) in [6, 6.07) is 8.07. The van der Waals surface area contributed by atoms with E-state index in [0.29, 0.717) is 16.9 Å². The molecule has 0 saturated carbocycles. The maximum absolute atomic E-state index is 12.2. The van der Waals surface area contributed by atoms with Gasteiger partial charge in [0, 0.05) is 32.1 Å². The molecule has 140 valence electrons. The molecular weight excluding hydrogens is 352 g/mol. The minimum Gasteiger partial charge on any atom is -0.361 e. The normalized spacial score (nSPS) is 12.9. The molecule has 0 unspecified atom stereocenters. The van der Waals surface area contributed by atoms with E-state index >= 15 is 0 Å². The third kappa shape index (κ3) is 4.02. The molecular formula is C18H18N4O5. The van der Waals surface area contributed by atoms with Crippen LogP contribution in [0.2, 0.25) is 0 Å². The molecule has 0 fully saturated rings. The molecule has 0 bridgehead atoms. The molecule has 1 aliphatic rings. The number of hydrogen-bond acceptors (Lipinski definition) is 6. The average molecular weight is 370 g/mol. The van der Waals surface area contributed by atoms with Gasteiger partial charge in [0.15, 0.2) is 5.69 Å². The van der Waals surface area contributed by atoms with Gasteiger partial charge in [-0.1, -0.05) is 17.3 Å². The quantitative estimate of drug-likeness (QED) is 0.541. The molecule has 2 heterocycles. The number of nitrogens with one attached hydrogen (secondary N) is 2. The van der Waals surface area contributed by atoms with Gasteiger partial charge in [0.05, 0.1) is 11.1 Å². The SMILES string of the molecule is Cc1cc(C(=O)NCCNC(=O)CCN2C(=O)c3ccccc3C2=O)no1. The zero-order valence-corrected chi connectivity index (χ0v) is 14.7. The van der Waals surface area contributed by atoms with Crippen LogP contribution in [0.5, 0.6) is 0 Å². The van der Waals surface area contributed by atoms with Crippen molar-refractivity contribution in [3.63, 3.8) is 0 Å². The lowest BCUT2D eigenvalue weighted by atomic mass is 10.1. The highest BCUT2D eigenvalue weighted by Gasteiger charge is 2.34. The van der Waals surface area contributed by atoms with E-state index in [1.165, 1.54) is 6.07 Å². The van der Waals surface area contributed by atoms with Crippen LogP contribution >= 0.6 is 0 Å². The van der Waals surface area contributed by atoms with E-state index in [2.05, 4.69) is 15.8 Å². The summed E-state index contributed by atoms with van der Waals surface area (Å²) in [6.45, 7) is 2.11. The van der Waals surface area contributed by atoms with Gasteiger partial charge in [0.1, 0.15) is 5.76 Å². The maximum Gasteiger partial charge on any atom is 0.273 e. The fraction of sp³-hybridized carbons (Fsp3) is 0.278. The lowest BCUT2D eigenvalue weighted by Gasteiger charge is -2.13. The molecule has 1 aromatic heterocycles. The van der Waals surface area contributed by atoms with Crippen molar-refractivity contribution >= 4 is 23.6 Å².